The zero-order valence-electron chi connectivity index (χ0n) is 14.9. The van der Waals surface area contributed by atoms with Crippen LogP contribution >= 0.6 is 35.6 Å². The van der Waals surface area contributed by atoms with Crippen molar-refractivity contribution in [3.05, 3.63) is 34.9 Å². The Kier molecular flexibility index (Phi) is 10.3. The minimum Gasteiger partial charge on any atom is -0.359 e. The van der Waals surface area contributed by atoms with E-state index < -0.39 is 5.41 Å². The molecule has 0 saturated heterocycles. The molecule has 0 aliphatic heterocycles. The van der Waals surface area contributed by atoms with Gasteiger partial charge in [-0.2, -0.15) is 0 Å². The average molecular weight is 467 g/mol. The van der Waals surface area contributed by atoms with Crippen molar-refractivity contribution >= 4 is 47.4 Å². The van der Waals surface area contributed by atoms with Crippen LogP contribution in [0.1, 0.15) is 39.3 Å². The lowest BCUT2D eigenvalue weighted by Gasteiger charge is -2.22. The number of amides is 1. The molecule has 7 heteroatoms. The number of aliphatic imine (C=N–C) groups is 1. The van der Waals surface area contributed by atoms with Crippen LogP contribution in [0.5, 0.6) is 0 Å². The van der Waals surface area contributed by atoms with Crippen LogP contribution in [0, 0.1) is 5.41 Å². The molecular weight excluding hydrogens is 439 g/mol. The maximum Gasteiger partial charge on any atom is 0.227 e. The fraction of sp³-hybridized carbons (Fsp3) is 0.529. The molecule has 0 saturated carbocycles. The number of rotatable bonds is 6. The first-order valence-corrected chi connectivity index (χ1v) is 8.20. The SMILES string of the molecule is CCNC(=NCC(C)(C)C(=O)NC)NC(C)c1cccc(Cl)c1.I. The van der Waals surface area contributed by atoms with Crippen molar-refractivity contribution in [2.24, 2.45) is 10.4 Å². The minimum absolute atomic E-state index is 0. The first-order valence-electron chi connectivity index (χ1n) is 7.82. The van der Waals surface area contributed by atoms with E-state index in [1.54, 1.807) is 7.05 Å². The van der Waals surface area contributed by atoms with Gasteiger partial charge in [0.2, 0.25) is 5.91 Å². The van der Waals surface area contributed by atoms with Crippen LogP contribution in [0.3, 0.4) is 0 Å². The van der Waals surface area contributed by atoms with Gasteiger partial charge in [-0.05, 0) is 45.4 Å². The summed E-state index contributed by atoms with van der Waals surface area (Å²) in [7, 11) is 1.64. The van der Waals surface area contributed by atoms with E-state index in [1.165, 1.54) is 0 Å². The zero-order chi connectivity index (χ0) is 17.5. The Labute approximate surface area is 167 Å². The predicted molar refractivity (Wildman–Crippen MR) is 112 cm³/mol. The molecule has 0 aliphatic rings. The van der Waals surface area contributed by atoms with Crippen LogP contribution in [0.4, 0.5) is 0 Å². The summed E-state index contributed by atoms with van der Waals surface area (Å²) in [6.07, 6.45) is 0. The van der Waals surface area contributed by atoms with Crippen LogP contribution in [0.15, 0.2) is 29.3 Å². The molecule has 0 radical (unpaired) electrons. The zero-order valence-corrected chi connectivity index (χ0v) is 18.0. The van der Waals surface area contributed by atoms with Crippen molar-refractivity contribution < 1.29 is 4.79 Å². The van der Waals surface area contributed by atoms with Gasteiger partial charge >= 0.3 is 0 Å². The van der Waals surface area contributed by atoms with Gasteiger partial charge in [0.05, 0.1) is 18.0 Å². The highest BCUT2D eigenvalue weighted by Gasteiger charge is 2.26. The van der Waals surface area contributed by atoms with Crippen molar-refractivity contribution in [2.75, 3.05) is 20.1 Å². The van der Waals surface area contributed by atoms with E-state index in [0.29, 0.717) is 17.5 Å². The number of nitrogens with zero attached hydrogens (tertiary/aromatic N) is 1. The third-order valence-corrected chi connectivity index (χ3v) is 3.76. The van der Waals surface area contributed by atoms with E-state index in [4.69, 9.17) is 11.6 Å². The number of hydrogen-bond acceptors (Lipinski definition) is 2. The monoisotopic (exact) mass is 466 g/mol. The second kappa shape index (κ2) is 10.8. The second-order valence-corrected chi connectivity index (χ2v) is 6.52. The van der Waals surface area contributed by atoms with E-state index in [1.807, 2.05) is 52.0 Å². The summed E-state index contributed by atoms with van der Waals surface area (Å²) in [5.74, 6) is 0.650. The highest BCUT2D eigenvalue weighted by molar-refractivity contribution is 14.0. The van der Waals surface area contributed by atoms with Crippen LogP contribution in [-0.4, -0.2) is 32.0 Å². The van der Waals surface area contributed by atoms with Crippen molar-refractivity contribution in [2.45, 2.75) is 33.7 Å². The van der Waals surface area contributed by atoms with E-state index >= 15 is 0 Å². The van der Waals surface area contributed by atoms with Crippen molar-refractivity contribution in [3.8, 4) is 0 Å². The van der Waals surface area contributed by atoms with Crippen LogP contribution in [0.2, 0.25) is 5.02 Å². The molecule has 136 valence electrons. The number of carbonyl (C=O) groups is 1. The maximum atomic E-state index is 11.8. The molecule has 1 amide bonds. The smallest absolute Gasteiger partial charge is 0.227 e. The number of halogens is 2. The third kappa shape index (κ3) is 7.25. The molecule has 0 bridgehead atoms. The Morgan fingerprint density at radius 1 is 1.38 bits per heavy atom. The molecule has 3 N–H and O–H groups in total. The van der Waals surface area contributed by atoms with Crippen LogP contribution < -0.4 is 16.0 Å². The van der Waals surface area contributed by atoms with Gasteiger partial charge in [-0.25, -0.2) is 0 Å². The Morgan fingerprint density at radius 3 is 2.58 bits per heavy atom. The molecule has 1 aromatic carbocycles. The fourth-order valence-corrected chi connectivity index (χ4v) is 2.27. The first kappa shape index (κ1) is 23.0. The molecule has 5 nitrogen and oxygen atoms in total. The van der Waals surface area contributed by atoms with Gasteiger partial charge in [0.15, 0.2) is 5.96 Å². The highest BCUT2D eigenvalue weighted by atomic mass is 127. The normalized spacial score (nSPS) is 12.8. The molecule has 1 unspecified atom stereocenters. The Bertz CT molecular complexity index is 563. The van der Waals surface area contributed by atoms with E-state index in [0.717, 1.165) is 12.1 Å². The van der Waals surface area contributed by atoms with Gasteiger partial charge in [-0.1, -0.05) is 23.7 Å². The fourth-order valence-electron chi connectivity index (χ4n) is 2.07. The molecule has 0 fully saturated rings. The van der Waals surface area contributed by atoms with Crippen LogP contribution in [-0.2, 0) is 4.79 Å². The summed E-state index contributed by atoms with van der Waals surface area (Å²) in [5, 5.41) is 9.92. The summed E-state index contributed by atoms with van der Waals surface area (Å²) in [6, 6.07) is 7.77. The molecule has 0 spiro atoms. The lowest BCUT2D eigenvalue weighted by Crippen LogP contribution is -2.41. The van der Waals surface area contributed by atoms with Crippen molar-refractivity contribution in [3.63, 3.8) is 0 Å². The van der Waals surface area contributed by atoms with E-state index in [9.17, 15) is 4.79 Å². The molecule has 1 rings (SSSR count). The Balaban J connectivity index is 0.00000529. The quantitative estimate of drug-likeness (QED) is 0.342. The lowest BCUT2D eigenvalue weighted by atomic mass is 9.93. The Hall–Kier alpha value is -1.02. The van der Waals surface area contributed by atoms with Crippen molar-refractivity contribution in [1.82, 2.24) is 16.0 Å². The molecule has 1 aromatic rings. The predicted octanol–water partition coefficient (Wildman–Crippen LogP) is 3.35. The van der Waals surface area contributed by atoms with Gasteiger partial charge in [0, 0.05) is 18.6 Å². The number of nitrogens with one attached hydrogen (secondary N) is 3. The van der Waals surface area contributed by atoms with Gasteiger partial charge < -0.3 is 16.0 Å². The first-order chi connectivity index (χ1) is 10.8. The summed E-state index contributed by atoms with van der Waals surface area (Å²) in [4.78, 5) is 16.4. The summed E-state index contributed by atoms with van der Waals surface area (Å²) < 4.78 is 0. The molecule has 0 heterocycles. The van der Waals surface area contributed by atoms with E-state index in [-0.39, 0.29) is 35.9 Å². The average Bonchev–Trinajstić information content (AvgIpc) is 2.52. The number of carbonyl (C=O) groups excluding carboxylic acids is 1. The van der Waals surface area contributed by atoms with Crippen molar-refractivity contribution in [1.29, 1.82) is 0 Å². The molecular formula is C17H28ClIN4O. The molecule has 1 atom stereocenters. The second-order valence-electron chi connectivity index (χ2n) is 6.08. The number of guanidine groups is 1. The summed E-state index contributed by atoms with van der Waals surface area (Å²) in [6.45, 7) is 8.94. The standard InChI is InChI=1S/C17H27ClN4O.HI/c1-6-20-16(21-11-17(3,4)15(23)19-5)22-12(2)13-8-7-9-14(18)10-13;/h7-10,12H,6,11H2,1-5H3,(H,19,23)(H2,20,21,22);1H. The van der Waals surface area contributed by atoms with Gasteiger partial charge in [-0.3, -0.25) is 9.79 Å². The van der Waals surface area contributed by atoms with Crippen LogP contribution in [0.25, 0.3) is 0 Å². The van der Waals surface area contributed by atoms with Gasteiger partial charge in [0.25, 0.3) is 0 Å². The summed E-state index contributed by atoms with van der Waals surface area (Å²) >= 11 is 6.04. The lowest BCUT2D eigenvalue weighted by molar-refractivity contribution is -0.128. The molecule has 24 heavy (non-hydrogen) atoms. The largest absolute Gasteiger partial charge is 0.359 e. The molecule has 0 aliphatic carbocycles. The van der Waals surface area contributed by atoms with E-state index in [2.05, 4.69) is 20.9 Å². The van der Waals surface area contributed by atoms with Gasteiger partial charge in [0.1, 0.15) is 0 Å². The highest BCUT2D eigenvalue weighted by Crippen LogP contribution is 2.18. The topological polar surface area (TPSA) is 65.5 Å². The Morgan fingerprint density at radius 2 is 2.04 bits per heavy atom. The minimum atomic E-state index is -0.559. The molecule has 0 aromatic heterocycles. The number of benzene rings is 1. The summed E-state index contributed by atoms with van der Waals surface area (Å²) in [5.41, 5.74) is 0.518. The third-order valence-electron chi connectivity index (χ3n) is 3.52. The maximum absolute atomic E-state index is 11.8. The number of hydrogen-bond donors (Lipinski definition) is 3. The van der Waals surface area contributed by atoms with Gasteiger partial charge in [-0.15, -0.1) is 24.0 Å².